The van der Waals surface area contributed by atoms with E-state index in [2.05, 4.69) is 48.8 Å². The van der Waals surface area contributed by atoms with Crippen molar-refractivity contribution >= 4 is 27.3 Å². The molecule has 1 unspecified atom stereocenters. The number of tetrazole rings is 1. The van der Waals surface area contributed by atoms with Crippen LogP contribution in [0.3, 0.4) is 0 Å². The van der Waals surface area contributed by atoms with Crippen LogP contribution >= 0.6 is 27.3 Å². The van der Waals surface area contributed by atoms with Crippen molar-refractivity contribution in [2.24, 2.45) is 13.0 Å². The number of hydrogen-bond donors (Lipinski definition) is 1. The molecule has 18 heavy (non-hydrogen) atoms. The van der Waals surface area contributed by atoms with Gasteiger partial charge in [-0.15, -0.1) is 21.5 Å². The van der Waals surface area contributed by atoms with Gasteiger partial charge >= 0.3 is 0 Å². The van der Waals surface area contributed by atoms with Gasteiger partial charge in [0.2, 0.25) is 0 Å². The highest BCUT2D eigenvalue weighted by Gasteiger charge is 2.33. The maximum absolute atomic E-state index is 4.19. The molecule has 1 fully saturated rings. The topological polar surface area (TPSA) is 55.6 Å². The largest absolute Gasteiger partial charge is 0.302 e. The van der Waals surface area contributed by atoms with Gasteiger partial charge in [0, 0.05) is 10.9 Å². The second-order valence-corrected chi connectivity index (χ2v) is 7.03. The van der Waals surface area contributed by atoms with Crippen molar-refractivity contribution in [3.8, 4) is 0 Å². The van der Waals surface area contributed by atoms with Crippen LogP contribution in [0.1, 0.15) is 29.6 Å². The second-order valence-electron chi connectivity index (χ2n) is 4.53. The predicted octanol–water partition coefficient (Wildman–Crippen LogP) is 2.27. The molecule has 2 heterocycles. The number of hydrogen-bond acceptors (Lipinski definition) is 5. The normalized spacial score (nSPS) is 17.0. The second kappa shape index (κ2) is 5.07. The van der Waals surface area contributed by atoms with E-state index in [1.165, 1.54) is 26.3 Å². The molecule has 0 spiro atoms. The van der Waals surface area contributed by atoms with E-state index >= 15 is 0 Å². The minimum absolute atomic E-state index is 0.421. The quantitative estimate of drug-likeness (QED) is 0.915. The zero-order chi connectivity index (χ0) is 12.5. The van der Waals surface area contributed by atoms with Crippen molar-refractivity contribution in [1.29, 1.82) is 0 Å². The summed E-state index contributed by atoms with van der Waals surface area (Å²) in [6.07, 6.45) is 2.61. The molecule has 2 aromatic rings. The van der Waals surface area contributed by atoms with E-state index in [4.69, 9.17) is 0 Å². The van der Waals surface area contributed by atoms with Crippen molar-refractivity contribution in [2.45, 2.75) is 25.4 Å². The smallest absolute Gasteiger partial charge is 0.188 e. The lowest BCUT2D eigenvalue weighted by molar-refractivity contribution is 0.478. The van der Waals surface area contributed by atoms with Crippen LogP contribution < -0.4 is 5.32 Å². The zero-order valence-corrected chi connectivity index (χ0v) is 12.4. The molecule has 0 bridgehead atoms. The van der Waals surface area contributed by atoms with Crippen molar-refractivity contribution in [2.75, 3.05) is 0 Å². The van der Waals surface area contributed by atoms with Gasteiger partial charge in [-0.3, -0.25) is 0 Å². The zero-order valence-electron chi connectivity index (χ0n) is 10.0. The Kier molecular flexibility index (Phi) is 3.45. The van der Waals surface area contributed by atoms with Crippen LogP contribution in [-0.2, 0) is 13.6 Å². The standard InChI is InChI=1S/C11H14BrN5S/c1-17-15-10(14-16-17)6-13-11(7-2-3-7)8-4-5-9(12)18-8/h4-5,7,11,13H,2-3,6H2,1H3. The summed E-state index contributed by atoms with van der Waals surface area (Å²) in [5.41, 5.74) is 0. The summed E-state index contributed by atoms with van der Waals surface area (Å²) in [5, 5.41) is 15.6. The molecular formula is C11H14BrN5S. The number of aromatic nitrogens is 4. The summed E-state index contributed by atoms with van der Waals surface area (Å²) < 4.78 is 1.18. The molecule has 0 saturated heterocycles. The van der Waals surface area contributed by atoms with Gasteiger partial charge in [-0.05, 0) is 52.0 Å². The van der Waals surface area contributed by atoms with E-state index in [1.807, 2.05) is 0 Å². The Morgan fingerprint density at radius 1 is 1.56 bits per heavy atom. The van der Waals surface area contributed by atoms with Crippen molar-refractivity contribution in [3.05, 3.63) is 26.6 Å². The van der Waals surface area contributed by atoms with Crippen molar-refractivity contribution in [1.82, 2.24) is 25.5 Å². The lowest BCUT2D eigenvalue weighted by atomic mass is 10.1. The van der Waals surface area contributed by atoms with Crippen LogP contribution in [0.25, 0.3) is 0 Å². The number of nitrogens with zero attached hydrogens (tertiary/aromatic N) is 4. The molecule has 3 rings (SSSR count). The third kappa shape index (κ3) is 2.78. The Labute approximate surface area is 118 Å². The molecule has 1 atom stereocenters. The van der Waals surface area contributed by atoms with Gasteiger partial charge in [0.15, 0.2) is 5.82 Å². The van der Waals surface area contributed by atoms with Crippen LogP contribution in [0.15, 0.2) is 15.9 Å². The van der Waals surface area contributed by atoms with Gasteiger partial charge < -0.3 is 5.32 Å². The summed E-state index contributed by atoms with van der Waals surface area (Å²) in [5.74, 6) is 1.51. The first-order valence-electron chi connectivity index (χ1n) is 5.94. The van der Waals surface area contributed by atoms with Crippen LogP contribution in [0.2, 0.25) is 0 Å². The van der Waals surface area contributed by atoms with Crippen LogP contribution in [0, 0.1) is 5.92 Å². The molecule has 96 valence electrons. The molecule has 0 aliphatic heterocycles. The van der Waals surface area contributed by atoms with Crippen molar-refractivity contribution in [3.63, 3.8) is 0 Å². The van der Waals surface area contributed by atoms with Crippen LogP contribution in [0.5, 0.6) is 0 Å². The van der Waals surface area contributed by atoms with Gasteiger partial charge in [0.05, 0.1) is 17.4 Å². The van der Waals surface area contributed by atoms with Crippen LogP contribution in [0.4, 0.5) is 0 Å². The Morgan fingerprint density at radius 2 is 2.39 bits per heavy atom. The fraction of sp³-hybridized carbons (Fsp3) is 0.545. The molecular weight excluding hydrogens is 314 g/mol. The molecule has 1 saturated carbocycles. The van der Waals surface area contributed by atoms with E-state index in [0.29, 0.717) is 12.6 Å². The van der Waals surface area contributed by atoms with Gasteiger partial charge in [-0.25, -0.2) is 0 Å². The lowest BCUT2D eigenvalue weighted by Gasteiger charge is -2.15. The Balaban J connectivity index is 1.67. The first kappa shape index (κ1) is 12.3. The van der Waals surface area contributed by atoms with E-state index in [9.17, 15) is 0 Å². The minimum atomic E-state index is 0.421. The van der Waals surface area contributed by atoms with Gasteiger partial charge in [-0.1, -0.05) is 0 Å². The fourth-order valence-electron chi connectivity index (χ4n) is 2.02. The van der Waals surface area contributed by atoms with Crippen molar-refractivity contribution < 1.29 is 0 Å². The molecule has 0 aromatic carbocycles. The Bertz CT molecular complexity index is 533. The molecule has 1 aliphatic carbocycles. The molecule has 2 aromatic heterocycles. The van der Waals surface area contributed by atoms with E-state index in [1.54, 1.807) is 18.4 Å². The number of aryl methyl sites for hydroxylation is 1. The van der Waals surface area contributed by atoms with E-state index in [-0.39, 0.29) is 0 Å². The summed E-state index contributed by atoms with van der Waals surface area (Å²) in [7, 11) is 1.78. The van der Waals surface area contributed by atoms with E-state index < -0.39 is 0 Å². The fourth-order valence-corrected chi connectivity index (χ4v) is 3.61. The number of nitrogens with one attached hydrogen (secondary N) is 1. The maximum Gasteiger partial charge on any atom is 0.188 e. The minimum Gasteiger partial charge on any atom is -0.302 e. The number of thiophene rings is 1. The highest BCUT2D eigenvalue weighted by Crippen LogP contribution is 2.43. The molecule has 1 aliphatic rings. The van der Waals surface area contributed by atoms with Gasteiger partial charge in [-0.2, -0.15) is 4.80 Å². The first-order chi connectivity index (χ1) is 8.72. The highest BCUT2D eigenvalue weighted by molar-refractivity contribution is 9.11. The molecule has 7 heteroatoms. The summed E-state index contributed by atoms with van der Waals surface area (Å²) in [6, 6.07) is 4.72. The number of rotatable bonds is 5. The van der Waals surface area contributed by atoms with E-state index in [0.717, 1.165) is 11.7 Å². The Morgan fingerprint density at radius 3 is 2.94 bits per heavy atom. The maximum atomic E-state index is 4.19. The average molecular weight is 328 g/mol. The predicted molar refractivity (Wildman–Crippen MR) is 73.1 cm³/mol. The molecule has 0 amide bonds. The molecule has 5 nitrogen and oxygen atoms in total. The summed E-state index contributed by atoms with van der Waals surface area (Å²) in [4.78, 5) is 2.87. The number of halogens is 1. The Hall–Kier alpha value is -0.790. The average Bonchev–Trinajstić information content (AvgIpc) is 2.96. The summed E-state index contributed by atoms with van der Waals surface area (Å²) >= 11 is 5.32. The summed E-state index contributed by atoms with van der Waals surface area (Å²) in [6.45, 7) is 0.671. The highest BCUT2D eigenvalue weighted by atomic mass is 79.9. The third-order valence-electron chi connectivity index (χ3n) is 3.02. The lowest BCUT2D eigenvalue weighted by Crippen LogP contribution is -2.22. The molecule has 1 N–H and O–H groups in total. The first-order valence-corrected chi connectivity index (χ1v) is 7.55. The molecule has 0 radical (unpaired) electrons. The SMILES string of the molecule is Cn1nnc(CNC(c2ccc(Br)s2)C2CC2)n1. The van der Waals surface area contributed by atoms with Crippen LogP contribution in [-0.4, -0.2) is 20.2 Å². The van der Waals surface area contributed by atoms with Gasteiger partial charge in [0.1, 0.15) is 0 Å². The monoisotopic (exact) mass is 327 g/mol. The van der Waals surface area contributed by atoms with Gasteiger partial charge in [0.25, 0.3) is 0 Å². The third-order valence-corrected chi connectivity index (χ3v) is 4.73.